The van der Waals surface area contributed by atoms with Crippen LogP contribution in [0.1, 0.15) is 13.3 Å². The van der Waals surface area contributed by atoms with Gasteiger partial charge in [0, 0.05) is 19.5 Å². The van der Waals surface area contributed by atoms with Crippen molar-refractivity contribution in [3.05, 3.63) is 24.3 Å². The summed E-state index contributed by atoms with van der Waals surface area (Å²) in [5.41, 5.74) is 0.644. The minimum absolute atomic E-state index is 0.0469. The fraction of sp³-hybridized carbons (Fsp3) is 0.400. The first-order valence-corrected chi connectivity index (χ1v) is 7.00. The Morgan fingerprint density at radius 2 is 2.14 bits per heavy atom. The second kappa shape index (κ2) is 6.93. The molecule has 0 bridgehead atoms. The van der Waals surface area contributed by atoms with Crippen LogP contribution in [0.5, 0.6) is 5.75 Å². The molecule has 2 N–H and O–H groups in total. The van der Waals surface area contributed by atoms with E-state index >= 15 is 0 Å². The summed E-state index contributed by atoms with van der Waals surface area (Å²) in [7, 11) is 0. The molecular weight excluding hydrogens is 288 g/mol. The molecule has 22 heavy (non-hydrogen) atoms. The van der Waals surface area contributed by atoms with E-state index in [0.29, 0.717) is 11.4 Å². The van der Waals surface area contributed by atoms with Crippen LogP contribution >= 0.6 is 0 Å². The topological polar surface area (TPSA) is 95.9 Å². The van der Waals surface area contributed by atoms with Gasteiger partial charge in [-0.1, -0.05) is 19.1 Å². The first-order chi connectivity index (χ1) is 10.5. The highest BCUT2D eigenvalue weighted by Gasteiger charge is 2.25. The number of amides is 2. The number of hydrogen-bond acceptors (Lipinski definition) is 4. The Labute approximate surface area is 127 Å². The van der Waals surface area contributed by atoms with Crippen molar-refractivity contribution in [3.63, 3.8) is 0 Å². The number of para-hydroxylation sites is 2. The van der Waals surface area contributed by atoms with Crippen molar-refractivity contribution >= 4 is 23.5 Å². The lowest BCUT2D eigenvalue weighted by Crippen LogP contribution is -2.41. The summed E-state index contributed by atoms with van der Waals surface area (Å²) < 4.78 is 5.32. The van der Waals surface area contributed by atoms with Gasteiger partial charge in [0.25, 0.3) is 5.91 Å². The van der Waals surface area contributed by atoms with E-state index in [4.69, 9.17) is 9.84 Å². The number of hydrogen-bond donors (Lipinski definition) is 2. The number of aliphatic carboxylic acids is 1. The standard InChI is InChI=1S/C15H18N2O5/c1-10(15(20)21)8-16-13(18)6-7-17-11-4-2-3-5-12(11)22-9-14(17)19/h2-5,10H,6-9H2,1H3,(H,16,18)(H,20,21). The van der Waals surface area contributed by atoms with Crippen molar-refractivity contribution in [2.24, 2.45) is 5.92 Å². The molecule has 2 rings (SSSR count). The van der Waals surface area contributed by atoms with Crippen LogP contribution in [0, 0.1) is 5.92 Å². The summed E-state index contributed by atoms with van der Waals surface area (Å²) in [5, 5.41) is 11.3. The predicted octanol–water partition coefficient (Wildman–Crippen LogP) is 0.639. The number of nitrogens with zero attached hydrogens (tertiary/aromatic N) is 1. The highest BCUT2D eigenvalue weighted by atomic mass is 16.5. The Morgan fingerprint density at radius 1 is 1.41 bits per heavy atom. The van der Waals surface area contributed by atoms with Crippen molar-refractivity contribution in [2.45, 2.75) is 13.3 Å². The van der Waals surface area contributed by atoms with Crippen molar-refractivity contribution < 1.29 is 24.2 Å². The number of rotatable bonds is 6. The van der Waals surface area contributed by atoms with Gasteiger partial charge in [-0.15, -0.1) is 0 Å². The van der Waals surface area contributed by atoms with E-state index in [0.717, 1.165) is 0 Å². The van der Waals surface area contributed by atoms with Gasteiger partial charge in [0.2, 0.25) is 5.91 Å². The molecule has 2 amide bonds. The number of carbonyl (C=O) groups excluding carboxylic acids is 2. The molecule has 1 aliphatic rings. The van der Waals surface area contributed by atoms with E-state index in [1.807, 2.05) is 6.07 Å². The second-order valence-corrected chi connectivity index (χ2v) is 5.10. The fourth-order valence-corrected chi connectivity index (χ4v) is 2.06. The molecule has 1 atom stereocenters. The number of fused-ring (bicyclic) bond motifs is 1. The van der Waals surface area contributed by atoms with Crippen LogP contribution in [0.15, 0.2) is 24.3 Å². The quantitative estimate of drug-likeness (QED) is 0.804. The number of carboxylic acid groups (broad SMARTS) is 1. The summed E-state index contributed by atoms with van der Waals surface area (Å²) in [6.07, 6.45) is 0.104. The Balaban J connectivity index is 1.90. The zero-order valence-corrected chi connectivity index (χ0v) is 12.2. The lowest BCUT2D eigenvalue weighted by atomic mass is 10.2. The maximum absolute atomic E-state index is 11.9. The molecule has 0 saturated heterocycles. The molecule has 0 radical (unpaired) electrons. The number of carbonyl (C=O) groups is 3. The van der Waals surface area contributed by atoms with Gasteiger partial charge in [-0.05, 0) is 12.1 Å². The van der Waals surface area contributed by atoms with Gasteiger partial charge in [0.1, 0.15) is 5.75 Å². The fourth-order valence-electron chi connectivity index (χ4n) is 2.06. The smallest absolute Gasteiger partial charge is 0.308 e. The summed E-state index contributed by atoms with van der Waals surface area (Å²) in [6.45, 7) is 1.77. The molecule has 0 saturated carbocycles. The highest BCUT2D eigenvalue weighted by molar-refractivity contribution is 5.98. The Kier molecular flexibility index (Phi) is 4.98. The van der Waals surface area contributed by atoms with Crippen molar-refractivity contribution in [1.82, 2.24) is 5.32 Å². The minimum atomic E-state index is -0.961. The zero-order valence-electron chi connectivity index (χ0n) is 12.2. The second-order valence-electron chi connectivity index (χ2n) is 5.10. The predicted molar refractivity (Wildman–Crippen MR) is 78.7 cm³/mol. The molecule has 0 fully saturated rings. The summed E-state index contributed by atoms with van der Waals surface area (Å²) in [6, 6.07) is 7.13. The first kappa shape index (κ1) is 15.8. The average molecular weight is 306 g/mol. The van der Waals surface area contributed by atoms with Crippen molar-refractivity contribution in [2.75, 3.05) is 24.6 Å². The van der Waals surface area contributed by atoms with Gasteiger partial charge in [-0.2, -0.15) is 0 Å². The molecule has 0 aromatic heterocycles. The van der Waals surface area contributed by atoms with Gasteiger partial charge < -0.3 is 20.1 Å². The third kappa shape index (κ3) is 3.75. The molecule has 0 aliphatic carbocycles. The van der Waals surface area contributed by atoms with E-state index in [9.17, 15) is 14.4 Å². The maximum Gasteiger partial charge on any atom is 0.308 e. The molecule has 0 spiro atoms. The van der Waals surface area contributed by atoms with Gasteiger partial charge >= 0.3 is 5.97 Å². The Bertz CT molecular complexity index is 587. The van der Waals surface area contributed by atoms with E-state index in [1.165, 1.54) is 11.8 Å². The van der Waals surface area contributed by atoms with Gasteiger partial charge in [-0.25, -0.2) is 0 Å². The maximum atomic E-state index is 11.9. The molecule has 118 valence electrons. The van der Waals surface area contributed by atoms with E-state index < -0.39 is 11.9 Å². The van der Waals surface area contributed by atoms with Crippen molar-refractivity contribution in [3.8, 4) is 5.75 Å². The SMILES string of the molecule is CC(CNC(=O)CCN1C(=O)COc2ccccc21)C(=O)O. The Morgan fingerprint density at radius 3 is 2.86 bits per heavy atom. The normalized spacial score (nSPS) is 14.8. The van der Waals surface area contributed by atoms with E-state index in [1.54, 1.807) is 18.2 Å². The minimum Gasteiger partial charge on any atom is -0.482 e. The zero-order chi connectivity index (χ0) is 16.1. The molecule has 1 unspecified atom stereocenters. The number of benzene rings is 1. The molecule has 1 heterocycles. The molecule has 7 heteroatoms. The third-order valence-electron chi connectivity index (χ3n) is 3.40. The first-order valence-electron chi connectivity index (χ1n) is 7.00. The van der Waals surface area contributed by atoms with E-state index in [2.05, 4.69) is 5.32 Å². The van der Waals surface area contributed by atoms with Crippen LogP contribution < -0.4 is 15.0 Å². The monoisotopic (exact) mass is 306 g/mol. The number of ether oxygens (including phenoxy) is 1. The van der Waals surface area contributed by atoms with Gasteiger partial charge in [0.05, 0.1) is 11.6 Å². The van der Waals surface area contributed by atoms with Crippen LogP contribution in [0.4, 0.5) is 5.69 Å². The van der Waals surface area contributed by atoms with Crippen LogP contribution in [-0.2, 0) is 14.4 Å². The van der Waals surface area contributed by atoms with Crippen LogP contribution in [-0.4, -0.2) is 42.6 Å². The average Bonchev–Trinajstić information content (AvgIpc) is 2.51. The lowest BCUT2D eigenvalue weighted by Gasteiger charge is -2.29. The van der Waals surface area contributed by atoms with Gasteiger partial charge in [0.15, 0.2) is 6.61 Å². The number of nitrogens with one attached hydrogen (secondary N) is 1. The molecule has 1 aromatic rings. The number of carboxylic acids is 1. The van der Waals surface area contributed by atoms with Crippen LogP contribution in [0.25, 0.3) is 0 Å². The number of anilines is 1. The Hall–Kier alpha value is -2.57. The van der Waals surface area contributed by atoms with Crippen LogP contribution in [0.2, 0.25) is 0 Å². The third-order valence-corrected chi connectivity index (χ3v) is 3.40. The molecular formula is C15H18N2O5. The largest absolute Gasteiger partial charge is 0.482 e. The summed E-state index contributed by atoms with van der Waals surface area (Å²) in [5.74, 6) is -1.48. The highest BCUT2D eigenvalue weighted by Crippen LogP contribution is 2.31. The van der Waals surface area contributed by atoms with E-state index in [-0.39, 0.29) is 37.9 Å². The van der Waals surface area contributed by atoms with Crippen molar-refractivity contribution in [1.29, 1.82) is 0 Å². The van der Waals surface area contributed by atoms with Crippen LogP contribution in [0.3, 0.4) is 0 Å². The molecule has 1 aromatic carbocycles. The van der Waals surface area contributed by atoms with Gasteiger partial charge in [-0.3, -0.25) is 14.4 Å². The summed E-state index contributed by atoms with van der Waals surface area (Å²) in [4.78, 5) is 35.9. The molecule has 7 nitrogen and oxygen atoms in total. The molecule has 1 aliphatic heterocycles. The summed E-state index contributed by atoms with van der Waals surface area (Å²) >= 11 is 0. The lowest BCUT2D eigenvalue weighted by molar-refractivity contribution is -0.141.